The minimum atomic E-state index is -3.46. The monoisotopic (exact) mass is 426 g/mol. The summed E-state index contributed by atoms with van der Waals surface area (Å²) in [6.45, 7) is 3.94. The molecule has 154 valence electrons. The lowest BCUT2D eigenvalue weighted by Gasteiger charge is -2.38. The smallest absolute Gasteiger partial charge is 0.323 e. The lowest BCUT2D eigenvalue weighted by Crippen LogP contribution is -2.55. The van der Waals surface area contributed by atoms with Crippen LogP contribution in [-0.2, 0) is 14.8 Å². The van der Waals surface area contributed by atoms with E-state index in [4.69, 9.17) is 0 Å². The number of amides is 3. The molecule has 4 rings (SSSR count). The minimum Gasteiger partial charge on any atom is -0.323 e. The molecular formula is C18H26N4O4S2. The fourth-order valence-electron chi connectivity index (χ4n) is 4.47. The van der Waals surface area contributed by atoms with Gasteiger partial charge in [-0.25, -0.2) is 18.1 Å². The van der Waals surface area contributed by atoms with Crippen molar-refractivity contribution >= 4 is 33.3 Å². The molecule has 0 bridgehead atoms. The van der Waals surface area contributed by atoms with E-state index in [9.17, 15) is 18.0 Å². The average Bonchev–Trinajstić information content (AvgIpc) is 3.30. The summed E-state index contributed by atoms with van der Waals surface area (Å²) in [5.74, 6) is 0.00817. The van der Waals surface area contributed by atoms with Crippen molar-refractivity contribution in [2.45, 2.75) is 42.4 Å². The zero-order valence-corrected chi connectivity index (χ0v) is 17.6. The Balaban J connectivity index is 1.39. The van der Waals surface area contributed by atoms with Crippen molar-refractivity contribution in [1.82, 2.24) is 19.4 Å². The summed E-state index contributed by atoms with van der Waals surface area (Å²) in [5, 5.41) is 4.72. The summed E-state index contributed by atoms with van der Waals surface area (Å²) < 4.78 is 27.1. The van der Waals surface area contributed by atoms with Gasteiger partial charge < -0.3 is 5.32 Å². The second-order valence-electron chi connectivity index (χ2n) is 7.88. The predicted molar refractivity (Wildman–Crippen MR) is 105 cm³/mol. The van der Waals surface area contributed by atoms with Crippen LogP contribution in [0.3, 0.4) is 0 Å². The Hall–Kier alpha value is -1.49. The molecule has 3 fully saturated rings. The van der Waals surface area contributed by atoms with E-state index in [1.165, 1.54) is 20.5 Å². The van der Waals surface area contributed by atoms with E-state index < -0.39 is 15.6 Å². The lowest BCUT2D eigenvalue weighted by molar-refractivity contribution is -0.135. The van der Waals surface area contributed by atoms with E-state index in [1.807, 2.05) is 11.8 Å². The van der Waals surface area contributed by atoms with Gasteiger partial charge in [0.05, 0.1) is 6.67 Å². The molecule has 3 aliphatic rings. The highest BCUT2D eigenvalue weighted by Crippen LogP contribution is 2.38. The molecule has 2 aliphatic heterocycles. The van der Waals surface area contributed by atoms with Gasteiger partial charge in [-0.3, -0.25) is 9.69 Å². The number of carbonyl (C=O) groups excluding carboxylic acids is 2. The second-order valence-corrected chi connectivity index (χ2v) is 11.0. The standard InChI is InChI=1S/C18H26N4O4S2/c1-14-5-2-3-7-18(14)16(23)22(17(24)19-18)13-20-8-10-21(11-9-20)28(25,26)15-6-4-12-27-15/h4,6,12,14H,2-3,5,7-11,13H2,1H3,(H,19,24)/t14-,18+/m0/s1. The van der Waals surface area contributed by atoms with Crippen LogP contribution in [0.4, 0.5) is 4.79 Å². The maximum Gasteiger partial charge on any atom is 0.326 e. The summed E-state index contributed by atoms with van der Waals surface area (Å²) in [7, 11) is -3.46. The normalized spacial score (nSPS) is 30.2. The first-order chi connectivity index (χ1) is 13.3. The third-order valence-corrected chi connectivity index (χ3v) is 9.54. The van der Waals surface area contributed by atoms with E-state index in [1.54, 1.807) is 17.5 Å². The third-order valence-electron chi connectivity index (χ3n) is 6.26. The van der Waals surface area contributed by atoms with Gasteiger partial charge in [-0.2, -0.15) is 4.31 Å². The number of hydrogen-bond donors (Lipinski definition) is 1. The number of rotatable bonds is 4. The number of nitrogens with zero attached hydrogens (tertiary/aromatic N) is 3. The molecule has 1 aromatic rings. The first-order valence-corrected chi connectivity index (χ1v) is 12.1. The Labute approximate surface area is 169 Å². The molecule has 1 N–H and O–H groups in total. The molecule has 2 saturated heterocycles. The Morgan fingerprint density at radius 3 is 2.61 bits per heavy atom. The number of sulfonamides is 1. The number of hydrogen-bond acceptors (Lipinski definition) is 6. The minimum absolute atomic E-state index is 0.127. The molecule has 1 aromatic heterocycles. The van der Waals surface area contributed by atoms with Gasteiger partial charge in [0.2, 0.25) is 0 Å². The third kappa shape index (κ3) is 3.26. The van der Waals surface area contributed by atoms with Gasteiger partial charge in [-0.1, -0.05) is 25.8 Å². The molecule has 0 aromatic carbocycles. The molecule has 0 unspecified atom stereocenters. The summed E-state index contributed by atoms with van der Waals surface area (Å²) in [6.07, 6.45) is 3.68. The van der Waals surface area contributed by atoms with Crippen LogP contribution < -0.4 is 5.32 Å². The maximum atomic E-state index is 13.1. The van der Waals surface area contributed by atoms with E-state index in [0.717, 1.165) is 19.3 Å². The fraction of sp³-hybridized carbons (Fsp3) is 0.667. The highest BCUT2D eigenvalue weighted by Gasteiger charge is 2.55. The van der Waals surface area contributed by atoms with Crippen LogP contribution in [0.25, 0.3) is 0 Å². The first-order valence-electron chi connectivity index (χ1n) is 9.75. The molecule has 28 heavy (non-hydrogen) atoms. The molecule has 1 saturated carbocycles. The van der Waals surface area contributed by atoms with Gasteiger partial charge >= 0.3 is 6.03 Å². The predicted octanol–water partition coefficient (Wildman–Crippen LogP) is 1.51. The van der Waals surface area contributed by atoms with Crippen LogP contribution in [0.2, 0.25) is 0 Å². The second kappa shape index (κ2) is 7.40. The Bertz CT molecular complexity index is 849. The molecule has 1 aliphatic carbocycles. The molecule has 8 nitrogen and oxygen atoms in total. The van der Waals surface area contributed by atoms with Crippen LogP contribution in [0.15, 0.2) is 21.7 Å². The molecule has 0 radical (unpaired) electrons. The number of thiophene rings is 1. The van der Waals surface area contributed by atoms with E-state index >= 15 is 0 Å². The van der Waals surface area contributed by atoms with Gasteiger partial charge in [0.25, 0.3) is 15.9 Å². The Morgan fingerprint density at radius 1 is 1.21 bits per heavy atom. The van der Waals surface area contributed by atoms with Gasteiger partial charge in [0.1, 0.15) is 9.75 Å². The summed E-state index contributed by atoms with van der Waals surface area (Å²) in [6, 6.07) is 3.02. The number of imide groups is 1. The van der Waals surface area contributed by atoms with Gasteiger partial charge in [0.15, 0.2) is 0 Å². The number of piperazine rings is 1. The van der Waals surface area contributed by atoms with Gasteiger partial charge in [-0.15, -0.1) is 11.3 Å². The average molecular weight is 427 g/mol. The van der Waals surface area contributed by atoms with Gasteiger partial charge in [0, 0.05) is 26.2 Å². The van der Waals surface area contributed by atoms with Crippen LogP contribution >= 0.6 is 11.3 Å². The Morgan fingerprint density at radius 2 is 1.96 bits per heavy atom. The molecule has 3 amide bonds. The molecular weight excluding hydrogens is 400 g/mol. The molecule has 1 spiro atoms. The quantitative estimate of drug-likeness (QED) is 0.737. The van der Waals surface area contributed by atoms with Crippen molar-refractivity contribution in [3.8, 4) is 0 Å². The van der Waals surface area contributed by atoms with Crippen LogP contribution in [-0.4, -0.2) is 72.8 Å². The van der Waals surface area contributed by atoms with Crippen LogP contribution in [0, 0.1) is 5.92 Å². The molecule has 3 heterocycles. The van der Waals surface area contributed by atoms with E-state index in [2.05, 4.69) is 5.32 Å². The SMILES string of the molecule is C[C@H]1CCCC[C@@]12NC(=O)N(CN1CCN(S(=O)(=O)c3cccs3)CC1)C2=O. The van der Waals surface area contributed by atoms with Gasteiger partial charge in [-0.05, 0) is 30.2 Å². The largest absolute Gasteiger partial charge is 0.326 e. The van der Waals surface area contributed by atoms with Crippen molar-refractivity contribution in [3.63, 3.8) is 0 Å². The maximum absolute atomic E-state index is 13.1. The topological polar surface area (TPSA) is 90.0 Å². The highest BCUT2D eigenvalue weighted by atomic mass is 32.2. The van der Waals surface area contributed by atoms with Crippen molar-refractivity contribution in [2.75, 3.05) is 32.8 Å². The van der Waals surface area contributed by atoms with Crippen molar-refractivity contribution in [1.29, 1.82) is 0 Å². The van der Waals surface area contributed by atoms with Crippen molar-refractivity contribution in [2.24, 2.45) is 5.92 Å². The zero-order valence-electron chi connectivity index (χ0n) is 16.0. The summed E-state index contributed by atoms with van der Waals surface area (Å²) in [5.41, 5.74) is -0.750. The number of urea groups is 1. The zero-order chi connectivity index (χ0) is 19.9. The van der Waals surface area contributed by atoms with Crippen molar-refractivity contribution < 1.29 is 18.0 Å². The summed E-state index contributed by atoms with van der Waals surface area (Å²) >= 11 is 1.21. The number of carbonyl (C=O) groups is 2. The first kappa shape index (κ1) is 19.8. The van der Waals surface area contributed by atoms with Crippen LogP contribution in [0.1, 0.15) is 32.6 Å². The van der Waals surface area contributed by atoms with Crippen LogP contribution in [0.5, 0.6) is 0 Å². The highest BCUT2D eigenvalue weighted by molar-refractivity contribution is 7.91. The fourth-order valence-corrected chi connectivity index (χ4v) is 7.04. The van der Waals surface area contributed by atoms with E-state index in [-0.39, 0.29) is 24.5 Å². The molecule has 10 heteroatoms. The Kier molecular flexibility index (Phi) is 5.24. The molecule has 2 atom stereocenters. The van der Waals surface area contributed by atoms with Crippen molar-refractivity contribution in [3.05, 3.63) is 17.5 Å². The van der Waals surface area contributed by atoms with E-state index in [0.29, 0.717) is 36.8 Å². The lowest BCUT2D eigenvalue weighted by atomic mass is 9.73. The number of nitrogens with one attached hydrogen (secondary N) is 1. The summed E-state index contributed by atoms with van der Waals surface area (Å²) in [4.78, 5) is 28.9.